The molecule has 1 aromatic heterocycles. The van der Waals surface area contributed by atoms with Crippen molar-refractivity contribution in [1.29, 1.82) is 0 Å². The van der Waals surface area contributed by atoms with Gasteiger partial charge in [0.2, 0.25) is 0 Å². The van der Waals surface area contributed by atoms with E-state index >= 15 is 0 Å². The van der Waals surface area contributed by atoms with Gasteiger partial charge in [0.05, 0.1) is 0 Å². The van der Waals surface area contributed by atoms with Crippen LogP contribution in [0.25, 0.3) is 0 Å². The summed E-state index contributed by atoms with van der Waals surface area (Å²) in [5.41, 5.74) is 1.77. The molecule has 3 nitrogen and oxygen atoms in total. The van der Waals surface area contributed by atoms with Gasteiger partial charge in [0.1, 0.15) is 6.04 Å². The topological polar surface area (TPSA) is 28.2 Å². The highest BCUT2D eigenvalue weighted by Crippen LogP contribution is 2.26. The average molecular weight is 349 g/mol. The van der Waals surface area contributed by atoms with Gasteiger partial charge in [-0.2, -0.15) is 13.2 Å². The first-order valence-corrected chi connectivity index (χ1v) is 8.54. The maximum atomic E-state index is 13.4. The number of anilines is 1. The van der Waals surface area contributed by atoms with Gasteiger partial charge in [-0.1, -0.05) is 18.2 Å². The minimum atomic E-state index is -4.26. The molecule has 1 fully saturated rings. The summed E-state index contributed by atoms with van der Waals surface area (Å²) < 4.78 is 40.2. The lowest BCUT2D eigenvalue weighted by molar-refractivity contribution is -0.157. The van der Waals surface area contributed by atoms with Crippen LogP contribution in [0.15, 0.2) is 54.9 Å². The van der Waals surface area contributed by atoms with E-state index in [4.69, 9.17) is 0 Å². The smallest absolute Gasteiger partial charge is 0.371 e. The molecule has 1 aliphatic heterocycles. The molecule has 2 heterocycles. The summed E-state index contributed by atoms with van der Waals surface area (Å²) in [5, 5.41) is 2.84. The zero-order valence-electron chi connectivity index (χ0n) is 13.9. The first kappa shape index (κ1) is 17.7. The Labute approximate surface area is 145 Å². The monoisotopic (exact) mass is 349 g/mol. The van der Waals surface area contributed by atoms with E-state index in [1.807, 2.05) is 30.3 Å². The fraction of sp³-hybridized carbons (Fsp3) is 0.421. The van der Waals surface area contributed by atoms with E-state index in [1.54, 1.807) is 12.1 Å². The third kappa shape index (κ3) is 4.95. The number of nitrogens with one attached hydrogen (secondary N) is 1. The minimum absolute atomic E-state index is 0.0646. The van der Waals surface area contributed by atoms with Crippen LogP contribution in [-0.2, 0) is 6.42 Å². The van der Waals surface area contributed by atoms with Gasteiger partial charge < -0.3 is 10.2 Å². The van der Waals surface area contributed by atoms with E-state index < -0.39 is 12.2 Å². The lowest BCUT2D eigenvalue weighted by Crippen LogP contribution is -2.52. The molecule has 0 amide bonds. The van der Waals surface area contributed by atoms with E-state index in [2.05, 4.69) is 15.2 Å². The third-order valence-electron chi connectivity index (χ3n) is 4.64. The number of aromatic nitrogens is 1. The van der Waals surface area contributed by atoms with Gasteiger partial charge >= 0.3 is 6.18 Å². The summed E-state index contributed by atoms with van der Waals surface area (Å²) in [6.07, 6.45) is 0.141. The fourth-order valence-electron chi connectivity index (χ4n) is 3.25. The molecule has 0 spiro atoms. The predicted molar refractivity (Wildman–Crippen MR) is 92.6 cm³/mol. The summed E-state index contributed by atoms with van der Waals surface area (Å²) in [6, 6.07) is 11.6. The van der Waals surface area contributed by atoms with Crippen LogP contribution in [0.5, 0.6) is 0 Å². The SMILES string of the molecule is FC(F)(F)[C@H](Cc1ccncc1)NC1CCN(c2ccccc2)CC1. The Morgan fingerprint density at radius 3 is 2.28 bits per heavy atom. The minimum Gasteiger partial charge on any atom is -0.371 e. The van der Waals surface area contributed by atoms with Gasteiger partial charge in [-0.25, -0.2) is 0 Å². The van der Waals surface area contributed by atoms with Crippen LogP contribution in [0, 0.1) is 0 Å². The molecule has 0 saturated carbocycles. The largest absolute Gasteiger partial charge is 0.404 e. The molecule has 6 heteroatoms. The molecule has 3 rings (SSSR count). The Kier molecular flexibility index (Phi) is 5.58. The van der Waals surface area contributed by atoms with Crippen molar-refractivity contribution in [2.45, 2.75) is 37.5 Å². The lowest BCUT2D eigenvalue weighted by Gasteiger charge is -2.36. The summed E-state index contributed by atoms with van der Waals surface area (Å²) in [7, 11) is 0. The lowest BCUT2D eigenvalue weighted by atomic mass is 10.0. The molecule has 1 saturated heterocycles. The number of piperidine rings is 1. The Morgan fingerprint density at radius 1 is 1.04 bits per heavy atom. The number of rotatable bonds is 5. The van der Waals surface area contributed by atoms with Crippen molar-refractivity contribution in [3.8, 4) is 0 Å². The molecule has 0 radical (unpaired) electrons. The number of hydrogen-bond donors (Lipinski definition) is 1. The number of pyridine rings is 1. The standard InChI is InChI=1S/C19H22F3N3/c20-19(21,22)18(14-15-6-10-23-11-7-15)24-16-8-12-25(13-9-16)17-4-2-1-3-5-17/h1-7,10-11,16,18,24H,8-9,12-14H2/t18-/m0/s1. The van der Waals surface area contributed by atoms with Gasteiger partial charge in [-0.05, 0) is 49.1 Å². The second-order valence-electron chi connectivity index (χ2n) is 6.42. The van der Waals surface area contributed by atoms with E-state index in [1.165, 1.54) is 12.4 Å². The molecule has 1 atom stereocenters. The average Bonchev–Trinajstić information content (AvgIpc) is 2.63. The first-order chi connectivity index (χ1) is 12.0. The van der Waals surface area contributed by atoms with Crippen molar-refractivity contribution in [2.24, 2.45) is 0 Å². The summed E-state index contributed by atoms with van der Waals surface area (Å²) in [5.74, 6) is 0. The molecule has 1 aromatic carbocycles. The van der Waals surface area contributed by atoms with Gasteiger partial charge in [0.15, 0.2) is 0 Å². The zero-order chi connectivity index (χ0) is 17.7. The van der Waals surface area contributed by atoms with Crippen molar-refractivity contribution >= 4 is 5.69 Å². The number of nitrogens with zero attached hydrogens (tertiary/aromatic N) is 2. The molecule has 1 aliphatic rings. The van der Waals surface area contributed by atoms with Crippen molar-refractivity contribution < 1.29 is 13.2 Å². The zero-order valence-corrected chi connectivity index (χ0v) is 13.9. The highest BCUT2D eigenvalue weighted by molar-refractivity contribution is 5.46. The highest BCUT2D eigenvalue weighted by atomic mass is 19.4. The Bertz CT molecular complexity index is 638. The number of alkyl halides is 3. The van der Waals surface area contributed by atoms with Crippen molar-refractivity contribution in [2.75, 3.05) is 18.0 Å². The second kappa shape index (κ2) is 7.87. The van der Waals surface area contributed by atoms with Crippen LogP contribution < -0.4 is 10.2 Å². The van der Waals surface area contributed by atoms with Gasteiger partial charge in [-0.15, -0.1) is 0 Å². The molecule has 0 aliphatic carbocycles. The van der Waals surface area contributed by atoms with E-state index in [9.17, 15) is 13.2 Å². The third-order valence-corrected chi connectivity index (χ3v) is 4.64. The van der Waals surface area contributed by atoms with E-state index in [0.717, 1.165) is 18.8 Å². The maximum Gasteiger partial charge on any atom is 0.404 e. The molecular weight excluding hydrogens is 327 g/mol. The quantitative estimate of drug-likeness (QED) is 0.890. The Morgan fingerprint density at radius 2 is 1.68 bits per heavy atom. The number of para-hydroxylation sites is 1. The molecule has 0 bridgehead atoms. The summed E-state index contributed by atoms with van der Waals surface area (Å²) in [6.45, 7) is 1.53. The van der Waals surface area contributed by atoms with Crippen molar-refractivity contribution in [1.82, 2.24) is 10.3 Å². The van der Waals surface area contributed by atoms with Gasteiger partial charge in [0, 0.05) is 37.2 Å². The number of halogens is 3. The van der Waals surface area contributed by atoms with Crippen molar-refractivity contribution in [3.63, 3.8) is 0 Å². The Balaban J connectivity index is 1.58. The summed E-state index contributed by atoms with van der Waals surface area (Å²) in [4.78, 5) is 6.09. The predicted octanol–water partition coefficient (Wildman–Crippen LogP) is 3.81. The Hall–Kier alpha value is -2.08. The number of benzene rings is 1. The molecule has 2 aromatic rings. The van der Waals surface area contributed by atoms with Gasteiger partial charge in [-0.3, -0.25) is 4.98 Å². The summed E-state index contributed by atoms with van der Waals surface area (Å²) >= 11 is 0. The van der Waals surface area contributed by atoms with Crippen LogP contribution in [0.4, 0.5) is 18.9 Å². The van der Waals surface area contributed by atoms with Gasteiger partial charge in [0.25, 0.3) is 0 Å². The fourth-order valence-corrected chi connectivity index (χ4v) is 3.25. The molecule has 25 heavy (non-hydrogen) atoms. The van der Waals surface area contributed by atoms with E-state index in [0.29, 0.717) is 18.4 Å². The highest BCUT2D eigenvalue weighted by Gasteiger charge is 2.40. The van der Waals surface area contributed by atoms with Crippen LogP contribution in [0.2, 0.25) is 0 Å². The molecular formula is C19H22F3N3. The first-order valence-electron chi connectivity index (χ1n) is 8.54. The molecule has 134 valence electrons. The van der Waals surface area contributed by atoms with Crippen LogP contribution in [-0.4, -0.2) is 36.3 Å². The number of hydrogen-bond acceptors (Lipinski definition) is 3. The second-order valence-corrected chi connectivity index (χ2v) is 6.42. The molecule has 0 unspecified atom stereocenters. The van der Waals surface area contributed by atoms with Crippen LogP contribution >= 0.6 is 0 Å². The van der Waals surface area contributed by atoms with Crippen LogP contribution in [0.3, 0.4) is 0 Å². The van der Waals surface area contributed by atoms with Crippen molar-refractivity contribution in [3.05, 3.63) is 60.4 Å². The molecule has 1 N–H and O–H groups in total. The maximum absolute atomic E-state index is 13.4. The normalized spacial score (nSPS) is 17.5. The van der Waals surface area contributed by atoms with Crippen LogP contribution in [0.1, 0.15) is 18.4 Å². The van der Waals surface area contributed by atoms with E-state index in [-0.39, 0.29) is 12.5 Å².